The van der Waals surface area contributed by atoms with Gasteiger partial charge in [-0.25, -0.2) is 4.98 Å². The first-order valence-electron chi connectivity index (χ1n) is 7.65. The van der Waals surface area contributed by atoms with Gasteiger partial charge in [-0.3, -0.25) is 4.79 Å². The number of benzene rings is 1. The van der Waals surface area contributed by atoms with Crippen molar-refractivity contribution in [2.75, 3.05) is 11.4 Å². The van der Waals surface area contributed by atoms with E-state index in [2.05, 4.69) is 11.1 Å². The Hall–Kier alpha value is -2.66. The van der Waals surface area contributed by atoms with Gasteiger partial charge in [0.2, 0.25) is 5.91 Å². The fourth-order valence-corrected chi connectivity index (χ4v) is 3.15. The highest BCUT2D eigenvalue weighted by molar-refractivity contribution is 5.94. The maximum absolute atomic E-state index is 11.6. The molecule has 0 saturated carbocycles. The number of hydrogen-bond acceptors (Lipinski definition) is 3. The lowest BCUT2D eigenvalue weighted by Crippen LogP contribution is -2.25. The van der Waals surface area contributed by atoms with Gasteiger partial charge in [-0.05, 0) is 41.8 Å². The first-order chi connectivity index (χ1) is 11.2. The van der Waals surface area contributed by atoms with Crippen LogP contribution in [-0.2, 0) is 17.8 Å². The molecule has 1 aliphatic rings. The minimum atomic E-state index is 0.0123. The molecule has 0 radical (unpaired) electrons. The van der Waals surface area contributed by atoms with E-state index in [0.717, 1.165) is 41.1 Å². The molecular weight excluding hydrogens is 290 g/mol. The lowest BCUT2D eigenvalue weighted by Gasteiger charge is -2.14. The molecule has 0 unspecified atom stereocenters. The number of hydrogen-bond donors (Lipinski definition) is 1. The molecule has 3 heterocycles. The Morgan fingerprint density at radius 2 is 2.17 bits per heavy atom. The normalized spacial score (nSPS) is 13.6. The van der Waals surface area contributed by atoms with Crippen LogP contribution in [0, 0.1) is 0 Å². The van der Waals surface area contributed by atoms with Crippen LogP contribution in [0.5, 0.6) is 0 Å². The van der Waals surface area contributed by atoms with E-state index in [1.165, 1.54) is 5.56 Å². The molecule has 1 N–H and O–H groups in total. The average molecular weight is 307 g/mol. The van der Waals surface area contributed by atoms with Crippen LogP contribution in [-0.4, -0.2) is 26.9 Å². The zero-order chi connectivity index (χ0) is 16.0. The zero-order valence-corrected chi connectivity index (χ0v) is 12.9. The summed E-state index contributed by atoms with van der Waals surface area (Å²) < 4.78 is 1.95. The van der Waals surface area contributed by atoms with Crippen LogP contribution in [0.15, 0.2) is 42.7 Å². The minimum Gasteiger partial charge on any atom is -0.392 e. The van der Waals surface area contributed by atoms with Gasteiger partial charge in [0.15, 0.2) is 0 Å². The van der Waals surface area contributed by atoms with Gasteiger partial charge in [0.1, 0.15) is 5.65 Å². The van der Waals surface area contributed by atoms with Crippen molar-refractivity contribution in [3.05, 3.63) is 53.9 Å². The van der Waals surface area contributed by atoms with Crippen LogP contribution in [0.3, 0.4) is 0 Å². The molecule has 23 heavy (non-hydrogen) atoms. The van der Waals surface area contributed by atoms with Crippen LogP contribution in [0.4, 0.5) is 5.69 Å². The quantitative estimate of drug-likeness (QED) is 0.791. The zero-order valence-electron chi connectivity index (χ0n) is 12.9. The molecule has 116 valence electrons. The van der Waals surface area contributed by atoms with E-state index in [1.807, 2.05) is 46.0 Å². The molecule has 5 nitrogen and oxygen atoms in total. The number of fused-ring (bicyclic) bond motifs is 2. The predicted molar refractivity (Wildman–Crippen MR) is 88.3 cm³/mol. The van der Waals surface area contributed by atoms with Gasteiger partial charge < -0.3 is 14.4 Å². The molecule has 0 spiro atoms. The first-order valence-corrected chi connectivity index (χ1v) is 7.65. The second-order valence-corrected chi connectivity index (χ2v) is 5.85. The third kappa shape index (κ3) is 2.29. The number of amides is 1. The highest BCUT2D eigenvalue weighted by Gasteiger charge is 2.22. The fraction of sp³-hybridized carbons (Fsp3) is 0.222. The number of anilines is 1. The Bertz CT molecular complexity index is 914. The fourth-order valence-electron chi connectivity index (χ4n) is 3.15. The standard InChI is InChI=1S/C18H17N3O2/c1-12(23)21-7-5-15-9-14(2-3-17(15)21)16-10-20-6-4-13(11-22)8-18(20)19-16/h2-4,6,8-10,22H,5,7,11H2,1H3. The number of aliphatic hydroxyl groups is 1. The monoisotopic (exact) mass is 307 g/mol. The summed E-state index contributed by atoms with van der Waals surface area (Å²) in [5, 5.41) is 9.23. The van der Waals surface area contributed by atoms with Crippen molar-refractivity contribution >= 4 is 17.2 Å². The Labute approximate surface area is 133 Å². The molecule has 0 atom stereocenters. The molecule has 4 rings (SSSR count). The highest BCUT2D eigenvalue weighted by atomic mass is 16.3. The molecule has 1 amide bonds. The lowest BCUT2D eigenvalue weighted by molar-refractivity contribution is -0.116. The van der Waals surface area contributed by atoms with Crippen molar-refractivity contribution < 1.29 is 9.90 Å². The van der Waals surface area contributed by atoms with E-state index in [4.69, 9.17) is 0 Å². The number of nitrogens with zero attached hydrogens (tertiary/aromatic N) is 3. The summed E-state index contributed by atoms with van der Waals surface area (Å²) in [5.41, 5.74) is 5.80. The van der Waals surface area contributed by atoms with Crippen LogP contribution < -0.4 is 4.90 Å². The van der Waals surface area contributed by atoms with Crippen LogP contribution >= 0.6 is 0 Å². The Morgan fingerprint density at radius 3 is 2.96 bits per heavy atom. The summed E-state index contributed by atoms with van der Waals surface area (Å²) in [6.45, 7) is 2.36. The molecule has 0 saturated heterocycles. The minimum absolute atomic E-state index is 0.0123. The smallest absolute Gasteiger partial charge is 0.223 e. The van der Waals surface area contributed by atoms with Crippen molar-refractivity contribution in [2.24, 2.45) is 0 Å². The highest BCUT2D eigenvalue weighted by Crippen LogP contribution is 2.32. The van der Waals surface area contributed by atoms with Crippen molar-refractivity contribution in [1.29, 1.82) is 0 Å². The third-order valence-corrected chi connectivity index (χ3v) is 4.36. The van der Waals surface area contributed by atoms with Crippen molar-refractivity contribution in [3.63, 3.8) is 0 Å². The number of carbonyl (C=O) groups excluding carboxylic acids is 1. The van der Waals surface area contributed by atoms with Gasteiger partial charge in [-0.1, -0.05) is 6.07 Å². The van der Waals surface area contributed by atoms with E-state index in [-0.39, 0.29) is 12.5 Å². The van der Waals surface area contributed by atoms with Gasteiger partial charge in [0, 0.05) is 37.1 Å². The maximum atomic E-state index is 11.6. The number of rotatable bonds is 2. The lowest BCUT2D eigenvalue weighted by atomic mass is 10.1. The Kier molecular flexibility index (Phi) is 3.16. The number of aliphatic hydroxyl groups excluding tert-OH is 1. The average Bonchev–Trinajstić information content (AvgIpc) is 3.17. The molecule has 0 bridgehead atoms. The van der Waals surface area contributed by atoms with E-state index in [0.29, 0.717) is 0 Å². The SMILES string of the molecule is CC(=O)N1CCc2cc(-c3cn4ccc(CO)cc4n3)ccc21. The number of aromatic nitrogens is 2. The van der Waals surface area contributed by atoms with Crippen LogP contribution in [0.1, 0.15) is 18.1 Å². The summed E-state index contributed by atoms with van der Waals surface area (Å²) in [6.07, 6.45) is 4.77. The molecule has 2 aromatic heterocycles. The number of imidazole rings is 1. The van der Waals surface area contributed by atoms with E-state index in [1.54, 1.807) is 6.92 Å². The van der Waals surface area contributed by atoms with Crippen LogP contribution in [0.25, 0.3) is 16.9 Å². The van der Waals surface area contributed by atoms with Gasteiger partial charge in [0.05, 0.1) is 12.3 Å². The number of pyridine rings is 1. The molecule has 3 aromatic rings. The second-order valence-electron chi connectivity index (χ2n) is 5.85. The second kappa shape index (κ2) is 5.21. The maximum Gasteiger partial charge on any atom is 0.223 e. The van der Waals surface area contributed by atoms with Gasteiger partial charge in [-0.2, -0.15) is 0 Å². The largest absolute Gasteiger partial charge is 0.392 e. The predicted octanol–water partition coefficient (Wildman–Crippen LogP) is 2.40. The summed E-state index contributed by atoms with van der Waals surface area (Å²) in [4.78, 5) is 18.1. The molecular formula is C18H17N3O2. The molecule has 1 aromatic carbocycles. The number of carbonyl (C=O) groups is 1. The topological polar surface area (TPSA) is 57.8 Å². The van der Waals surface area contributed by atoms with Crippen molar-refractivity contribution in [1.82, 2.24) is 9.38 Å². The van der Waals surface area contributed by atoms with Gasteiger partial charge in [0.25, 0.3) is 0 Å². The Morgan fingerprint density at radius 1 is 1.30 bits per heavy atom. The summed E-state index contributed by atoms with van der Waals surface area (Å²) >= 11 is 0. The molecule has 5 heteroatoms. The van der Waals surface area contributed by atoms with Crippen molar-refractivity contribution in [2.45, 2.75) is 20.0 Å². The van der Waals surface area contributed by atoms with E-state index >= 15 is 0 Å². The molecule has 0 aliphatic carbocycles. The van der Waals surface area contributed by atoms with Gasteiger partial charge in [-0.15, -0.1) is 0 Å². The van der Waals surface area contributed by atoms with Crippen LogP contribution in [0.2, 0.25) is 0 Å². The molecule has 1 aliphatic heterocycles. The first kappa shape index (κ1) is 14.0. The molecule has 0 fully saturated rings. The summed E-state index contributed by atoms with van der Waals surface area (Å²) in [7, 11) is 0. The summed E-state index contributed by atoms with van der Waals surface area (Å²) in [6, 6.07) is 9.89. The third-order valence-electron chi connectivity index (χ3n) is 4.36. The van der Waals surface area contributed by atoms with E-state index < -0.39 is 0 Å². The van der Waals surface area contributed by atoms with Crippen molar-refractivity contribution in [3.8, 4) is 11.3 Å². The van der Waals surface area contributed by atoms with Gasteiger partial charge >= 0.3 is 0 Å². The Balaban J connectivity index is 1.75. The summed E-state index contributed by atoms with van der Waals surface area (Å²) in [5.74, 6) is 0.0840. The van der Waals surface area contributed by atoms with E-state index in [9.17, 15) is 9.90 Å².